The Morgan fingerprint density at radius 2 is 1.73 bits per heavy atom. The first-order valence-corrected chi connectivity index (χ1v) is 3.90. The van der Waals surface area contributed by atoms with E-state index in [0.29, 0.717) is 0 Å². The Morgan fingerprint density at radius 3 is 2.07 bits per heavy atom. The summed E-state index contributed by atoms with van der Waals surface area (Å²) in [5.74, 6) is 0.288. The normalized spacial score (nSPS) is 8.40. The molecule has 6 nitrogen and oxygen atoms in total. The van der Waals surface area contributed by atoms with E-state index in [1.807, 2.05) is 0 Å². The number of nitrogens with zero attached hydrogens (tertiary/aromatic N) is 1. The lowest BCUT2D eigenvalue weighted by Gasteiger charge is -1.94. The van der Waals surface area contributed by atoms with Crippen molar-refractivity contribution in [2.45, 2.75) is 0 Å². The molecule has 0 aliphatic heterocycles. The van der Waals surface area contributed by atoms with Gasteiger partial charge in [0, 0.05) is 26.4 Å². The van der Waals surface area contributed by atoms with Crippen molar-refractivity contribution in [2.75, 3.05) is 14.2 Å². The molecule has 0 bridgehead atoms. The van der Waals surface area contributed by atoms with Crippen LogP contribution in [0.3, 0.4) is 0 Å². The van der Waals surface area contributed by atoms with E-state index >= 15 is 0 Å². The minimum Gasteiger partial charge on any atom is -0.429 e. The lowest BCUT2D eigenvalue weighted by Crippen LogP contribution is -1.90. The lowest BCUT2D eigenvalue weighted by atomic mass is 10.3. The van der Waals surface area contributed by atoms with Crippen LogP contribution >= 0.6 is 0 Å². The van der Waals surface area contributed by atoms with E-state index in [0.717, 1.165) is 0 Å². The van der Waals surface area contributed by atoms with Crippen LogP contribution < -0.4 is 4.74 Å². The summed E-state index contributed by atoms with van der Waals surface area (Å²) in [7, 11) is 3.25. The summed E-state index contributed by atoms with van der Waals surface area (Å²) in [6, 6.07) is 5.23. The Morgan fingerprint density at radius 1 is 1.27 bits per heavy atom. The molecule has 1 rings (SSSR count). The smallest absolute Gasteiger partial charge is 0.298 e. The van der Waals surface area contributed by atoms with E-state index in [1.165, 1.54) is 24.3 Å². The van der Waals surface area contributed by atoms with Gasteiger partial charge in [-0.3, -0.25) is 14.9 Å². The van der Waals surface area contributed by atoms with Crippen molar-refractivity contribution in [3.63, 3.8) is 0 Å². The van der Waals surface area contributed by atoms with Gasteiger partial charge in [-0.25, -0.2) is 0 Å². The molecule has 0 heterocycles. The van der Waals surface area contributed by atoms with Crippen molar-refractivity contribution in [2.24, 2.45) is 0 Å². The summed E-state index contributed by atoms with van der Waals surface area (Å²) in [4.78, 5) is 19.5. The monoisotopic (exact) mass is 213 g/mol. The van der Waals surface area contributed by atoms with Crippen molar-refractivity contribution in [1.29, 1.82) is 0 Å². The number of hydrogen-bond acceptors (Lipinski definition) is 5. The highest BCUT2D eigenvalue weighted by Gasteiger charge is 2.03. The molecule has 15 heavy (non-hydrogen) atoms. The maximum absolute atomic E-state index is 10.2. The van der Waals surface area contributed by atoms with Gasteiger partial charge >= 0.3 is 0 Å². The predicted molar refractivity (Wildman–Crippen MR) is 52.7 cm³/mol. The first-order chi connectivity index (χ1) is 7.15. The maximum Gasteiger partial charge on any atom is 0.298 e. The van der Waals surface area contributed by atoms with Crippen LogP contribution in [0.4, 0.5) is 5.69 Å². The zero-order valence-corrected chi connectivity index (χ0v) is 8.38. The van der Waals surface area contributed by atoms with Gasteiger partial charge in [-0.2, -0.15) is 0 Å². The van der Waals surface area contributed by atoms with Gasteiger partial charge in [0.15, 0.2) is 0 Å². The molecule has 0 aromatic heterocycles. The third-order valence-electron chi connectivity index (χ3n) is 1.23. The number of carbonyl (C=O) groups excluding carboxylic acids is 1. The molecular weight excluding hydrogens is 202 g/mol. The summed E-state index contributed by atoms with van der Waals surface area (Å²) in [5.41, 5.74) is -0.0340. The number of carbonyl (C=O) groups is 1. The van der Waals surface area contributed by atoms with Gasteiger partial charge in [0.05, 0.1) is 4.92 Å². The van der Waals surface area contributed by atoms with Crippen molar-refractivity contribution in [1.82, 2.24) is 0 Å². The molecule has 0 aliphatic rings. The van der Waals surface area contributed by atoms with Crippen LogP contribution in [0.15, 0.2) is 24.3 Å². The summed E-state index contributed by atoms with van der Waals surface area (Å²) < 4.78 is 8.69. The molecule has 1 aromatic carbocycles. The number of rotatable bonds is 3. The number of nitro groups is 1. The van der Waals surface area contributed by atoms with Crippen LogP contribution in [0, 0.1) is 10.1 Å². The fourth-order valence-electron chi connectivity index (χ4n) is 0.702. The van der Waals surface area contributed by atoms with Crippen LogP contribution in [0.25, 0.3) is 0 Å². The lowest BCUT2D eigenvalue weighted by molar-refractivity contribution is -0.384. The molecule has 0 fully saturated rings. The van der Waals surface area contributed by atoms with E-state index in [-0.39, 0.29) is 17.9 Å². The van der Waals surface area contributed by atoms with E-state index < -0.39 is 4.92 Å². The highest BCUT2D eigenvalue weighted by molar-refractivity contribution is 5.46. The molecule has 82 valence electrons. The van der Waals surface area contributed by atoms with Gasteiger partial charge in [-0.05, 0) is 12.1 Å². The quantitative estimate of drug-likeness (QED) is 0.430. The highest BCUT2D eigenvalue weighted by atomic mass is 16.6. The SMILES string of the molecule is COC.O=COc1ccc([N+](=O)[O-])cc1. The first kappa shape index (κ1) is 13.1. The standard InChI is InChI=1S/C7H5NO4.C2H6O/c9-5-12-7-3-1-6(2-4-7)8(10)11;1-3-2/h1-5H;1-2H3. The Bertz CT molecular complexity index is 309. The highest BCUT2D eigenvalue weighted by Crippen LogP contribution is 2.16. The number of ether oxygens (including phenoxy) is 2. The number of nitro benzene ring substituents is 1. The van der Waals surface area contributed by atoms with Crippen molar-refractivity contribution in [3.8, 4) is 5.75 Å². The first-order valence-electron chi connectivity index (χ1n) is 3.90. The number of methoxy groups -OCH3 is 1. The third-order valence-corrected chi connectivity index (χ3v) is 1.23. The molecule has 0 saturated heterocycles. The molecule has 0 atom stereocenters. The average Bonchev–Trinajstić information content (AvgIpc) is 2.20. The molecular formula is C9H11NO5. The van der Waals surface area contributed by atoms with E-state index in [9.17, 15) is 14.9 Å². The van der Waals surface area contributed by atoms with E-state index in [1.54, 1.807) is 14.2 Å². The molecule has 1 aromatic rings. The topological polar surface area (TPSA) is 78.7 Å². The Balaban J connectivity index is 0.000000583. The number of benzene rings is 1. The second-order valence-electron chi connectivity index (χ2n) is 2.37. The summed E-state index contributed by atoms with van der Waals surface area (Å²) in [6.45, 7) is 0.265. The largest absolute Gasteiger partial charge is 0.429 e. The van der Waals surface area contributed by atoms with Gasteiger partial charge in [0.1, 0.15) is 5.75 Å². The van der Waals surface area contributed by atoms with Crippen LogP contribution in [-0.2, 0) is 9.53 Å². The number of non-ortho nitro benzene ring substituents is 1. The molecule has 0 N–H and O–H groups in total. The van der Waals surface area contributed by atoms with Gasteiger partial charge < -0.3 is 9.47 Å². The fraction of sp³-hybridized carbons (Fsp3) is 0.222. The van der Waals surface area contributed by atoms with Gasteiger partial charge in [0.25, 0.3) is 12.2 Å². The van der Waals surface area contributed by atoms with Gasteiger partial charge in [0.2, 0.25) is 0 Å². The van der Waals surface area contributed by atoms with Gasteiger partial charge in [-0.1, -0.05) is 0 Å². The zero-order valence-electron chi connectivity index (χ0n) is 8.38. The van der Waals surface area contributed by atoms with E-state index in [2.05, 4.69) is 9.47 Å². The van der Waals surface area contributed by atoms with Crippen LogP contribution in [0.1, 0.15) is 0 Å². The minimum absolute atomic E-state index is 0.0340. The molecule has 6 heteroatoms. The van der Waals surface area contributed by atoms with Crippen LogP contribution in [-0.4, -0.2) is 25.6 Å². The third kappa shape index (κ3) is 5.37. The molecule has 0 radical (unpaired) electrons. The van der Waals surface area contributed by atoms with E-state index in [4.69, 9.17) is 0 Å². The van der Waals surface area contributed by atoms with Gasteiger partial charge in [-0.15, -0.1) is 0 Å². The maximum atomic E-state index is 10.2. The summed E-state index contributed by atoms with van der Waals surface area (Å²) in [6.07, 6.45) is 0. The molecule has 0 aliphatic carbocycles. The zero-order chi connectivity index (χ0) is 11.7. The number of hydrogen-bond donors (Lipinski definition) is 0. The average molecular weight is 213 g/mol. The van der Waals surface area contributed by atoms with Crippen LogP contribution in [0.5, 0.6) is 5.75 Å². The van der Waals surface area contributed by atoms with Crippen LogP contribution in [0.2, 0.25) is 0 Å². The summed E-state index contributed by atoms with van der Waals surface area (Å²) in [5, 5.41) is 10.2. The van der Waals surface area contributed by atoms with Crippen molar-refractivity contribution >= 4 is 12.2 Å². The molecule has 0 unspecified atom stereocenters. The fourth-order valence-corrected chi connectivity index (χ4v) is 0.702. The summed E-state index contributed by atoms with van der Waals surface area (Å²) >= 11 is 0. The molecule has 0 saturated carbocycles. The minimum atomic E-state index is -0.523. The second kappa shape index (κ2) is 7.45. The predicted octanol–water partition coefficient (Wildman–Crippen LogP) is 1.39. The molecule has 0 amide bonds. The molecule has 0 spiro atoms. The van der Waals surface area contributed by atoms with Crippen molar-refractivity contribution in [3.05, 3.63) is 34.4 Å². The Labute approximate surface area is 86.6 Å². The Kier molecular flexibility index (Phi) is 6.48. The van der Waals surface area contributed by atoms with Crippen molar-refractivity contribution < 1.29 is 19.2 Å². The second-order valence-corrected chi connectivity index (χ2v) is 2.37. The Hall–Kier alpha value is -1.95.